The minimum atomic E-state index is -0.209. The van der Waals surface area contributed by atoms with Crippen molar-refractivity contribution in [1.29, 1.82) is 0 Å². The van der Waals surface area contributed by atoms with E-state index < -0.39 is 0 Å². The van der Waals surface area contributed by atoms with Crippen molar-refractivity contribution >= 4 is 11.9 Å². The van der Waals surface area contributed by atoms with Crippen molar-refractivity contribution in [2.24, 2.45) is 4.99 Å². The number of hydrogen-bond acceptors (Lipinski definition) is 4. The van der Waals surface area contributed by atoms with Gasteiger partial charge in [0.15, 0.2) is 5.82 Å². The normalized spacial score (nSPS) is 12.8. The summed E-state index contributed by atoms with van der Waals surface area (Å²) in [7, 11) is 0. The summed E-state index contributed by atoms with van der Waals surface area (Å²) in [6.45, 7) is 0. The van der Waals surface area contributed by atoms with E-state index in [0.29, 0.717) is 29.3 Å². The fraction of sp³-hybridized carbons (Fsp3) is 0.0909. The Morgan fingerprint density at radius 2 is 2.25 bits per heavy atom. The molecule has 3 rings (SSSR count). The van der Waals surface area contributed by atoms with Gasteiger partial charge in [-0.1, -0.05) is 6.07 Å². The largest absolute Gasteiger partial charge is 0.303 e. The van der Waals surface area contributed by atoms with Crippen LogP contribution in [0.5, 0.6) is 0 Å². The van der Waals surface area contributed by atoms with Gasteiger partial charge in [0.1, 0.15) is 11.4 Å². The molecule has 0 radical (unpaired) electrons. The molecule has 0 aromatic carbocycles. The second kappa shape index (κ2) is 3.37. The lowest BCUT2D eigenvalue weighted by Crippen LogP contribution is -2.10. The van der Waals surface area contributed by atoms with Gasteiger partial charge in [0.2, 0.25) is 0 Å². The van der Waals surface area contributed by atoms with Crippen LogP contribution in [0.4, 0.5) is 5.69 Å². The molecule has 16 heavy (non-hydrogen) atoms. The first kappa shape index (κ1) is 8.96. The molecule has 0 unspecified atom stereocenters. The molecular formula is C11H8N4O. The van der Waals surface area contributed by atoms with Crippen LogP contribution in [0.15, 0.2) is 34.2 Å². The number of pyridine rings is 1. The Balaban J connectivity index is 2.19. The van der Waals surface area contributed by atoms with E-state index in [4.69, 9.17) is 0 Å². The summed E-state index contributed by atoms with van der Waals surface area (Å²) in [6.07, 6.45) is 3.97. The first-order chi connectivity index (χ1) is 7.84. The van der Waals surface area contributed by atoms with Crippen LogP contribution in [0, 0.1) is 0 Å². The second-order valence-electron chi connectivity index (χ2n) is 3.44. The summed E-state index contributed by atoms with van der Waals surface area (Å²) in [5.74, 6) is 0.495. The van der Waals surface area contributed by atoms with Crippen LogP contribution >= 0.6 is 0 Å². The van der Waals surface area contributed by atoms with Gasteiger partial charge in [0, 0.05) is 18.8 Å². The number of nitrogens with zero attached hydrogens (tertiary/aromatic N) is 3. The fourth-order valence-corrected chi connectivity index (χ4v) is 1.64. The lowest BCUT2D eigenvalue weighted by molar-refractivity contribution is 1.05. The van der Waals surface area contributed by atoms with Gasteiger partial charge >= 0.3 is 0 Å². The van der Waals surface area contributed by atoms with Crippen molar-refractivity contribution in [2.75, 3.05) is 0 Å². The number of aromatic nitrogens is 3. The average Bonchev–Trinajstić information content (AvgIpc) is 2.79. The van der Waals surface area contributed by atoms with E-state index in [1.807, 2.05) is 12.1 Å². The number of H-pyrrole nitrogens is 1. The third-order valence-electron chi connectivity index (χ3n) is 2.38. The van der Waals surface area contributed by atoms with Gasteiger partial charge in [-0.15, -0.1) is 0 Å². The maximum absolute atomic E-state index is 11.7. The lowest BCUT2D eigenvalue weighted by Gasteiger charge is -2.01. The van der Waals surface area contributed by atoms with Gasteiger partial charge in [0.05, 0.1) is 5.69 Å². The molecule has 0 saturated carbocycles. The van der Waals surface area contributed by atoms with Crippen LogP contribution in [0.25, 0.3) is 11.5 Å². The molecule has 0 atom stereocenters. The average molecular weight is 212 g/mol. The van der Waals surface area contributed by atoms with Crippen LogP contribution in [0.2, 0.25) is 0 Å². The Kier molecular flexibility index (Phi) is 1.89. The zero-order chi connectivity index (χ0) is 11.0. The molecule has 78 valence electrons. The molecule has 0 spiro atoms. The van der Waals surface area contributed by atoms with E-state index in [1.165, 1.54) is 0 Å². The summed E-state index contributed by atoms with van der Waals surface area (Å²) >= 11 is 0. The topological polar surface area (TPSA) is 71.0 Å². The molecule has 5 heteroatoms. The summed E-state index contributed by atoms with van der Waals surface area (Å²) in [5, 5.41) is 0. The number of aromatic amines is 1. The molecule has 0 amide bonds. The standard InChI is InChI=1S/C11H8N4O/c16-11-9-7(4-6-13-9)14-10(15-11)8-3-1-2-5-12-8/h1-3,5-6H,4H2,(H,14,15,16). The van der Waals surface area contributed by atoms with E-state index in [9.17, 15) is 4.79 Å². The molecule has 5 nitrogen and oxygen atoms in total. The molecule has 0 fully saturated rings. The summed E-state index contributed by atoms with van der Waals surface area (Å²) in [6, 6.07) is 5.48. The molecule has 0 bridgehead atoms. The summed E-state index contributed by atoms with van der Waals surface area (Å²) in [5.41, 5.74) is 1.58. The van der Waals surface area contributed by atoms with Crippen molar-refractivity contribution in [3.8, 4) is 11.5 Å². The number of nitrogens with one attached hydrogen (secondary N) is 1. The van der Waals surface area contributed by atoms with Gasteiger partial charge in [-0.2, -0.15) is 0 Å². The first-order valence-electron chi connectivity index (χ1n) is 4.92. The third-order valence-corrected chi connectivity index (χ3v) is 2.38. The Labute approximate surface area is 90.9 Å². The number of hydrogen-bond donors (Lipinski definition) is 1. The van der Waals surface area contributed by atoms with Gasteiger partial charge in [-0.3, -0.25) is 14.8 Å². The van der Waals surface area contributed by atoms with Crippen molar-refractivity contribution in [2.45, 2.75) is 6.42 Å². The molecule has 0 aliphatic carbocycles. The fourth-order valence-electron chi connectivity index (χ4n) is 1.64. The van der Waals surface area contributed by atoms with E-state index in [-0.39, 0.29) is 5.56 Å². The maximum Gasteiger partial charge on any atom is 0.277 e. The highest BCUT2D eigenvalue weighted by atomic mass is 16.1. The Hall–Kier alpha value is -2.30. The van der Waals surface area contributed by atoms with E-state index >= 15 is 0 Å². The van der Waals surface area contributed by atoms with Gasteiger partial charge < -0.3 is 4.98 Å². The van der Waals surface area contributed by atoms with Crippen molar-refractivity contribution in [3.63, 3.8) is 0 Å². The highest BCUT2D eigenvalue weighted by Crippen LogP contribution is 2.19. The van der Waals surface area contributed by atoms with Gasteiger partial charge in [0.25, 0.3) is 5.56 Å². The first-order valence-corrected chi connectivity index (χ1v) is 4.92. The van der Waals surface area contributed by atoms with Crippen molar-refractivity contribution < 1.29 is 0 Å². The zero-order valence-corrected chi connectivity index (χ0v) is 8.34. The highest BCUT2D eigenvalue weighted by molar-refractivity contribution is 5.74. The Bertz CT molecular complexity index is 616. The van der Waals surface area contributed by atoms with Crippen LogP contribution in [0.1, 0.15) is 5.69 Å². The van der Waals surface area contributed by atoms with E-state index in [2.05, 4.69) is 19.9 Å². The third kappa shape index (κ3) is 1.33. The number of rotatable bonds is 1. The van der Waals surface area contributed by atoms with E-state index in [0.717, 1.165) is 0 Å². The molecular weight excluding hydrogens is 204 g/mol. The van der Waals surface area contributed by atoms with Crippen molar-refractivity contribution in [3.05, 3.63) is 40.4 Å². The molecule has 1 aliphatic rings. The van der Waals surface area contributed by atoms with E-state index in [1.54, 1.807) is 18.5 Å². The molecule has 1 N–H and O–H groups in total. The molecule has 1 aliphatic heterocycles. The van der Waals surface area contributed by atoms with Crippen LogP contribution in [-0.2, 0) is 6.42 Å². The molecule has 3 heterocycles. The lowest BCUT2D eigenvalue weighted by atomic mass is 10.3. The Morgan fingerprint density at radius 3 is 3.06 bits per heavy atom. The highest BCUT2D eigenvalue weighted by Gasteiger charge is 2.14. The SMILES string of the molecule is O=c1[nH]c(-c2ccccn2)nc2c1N=CC2. The van der Waals surface area contributed by atoms with Crippen LogP contribution in [-0.4, -0.2) is 21.2 Å². The quantitative estimate of drug-likeness (QED) is 0.769. The second-order valence-corrected chi connectivity index (χ2v) is 3.44. The molecule has 0 saturated heterocycles. The predicted molar refractivity (Wildman–Crippen MR) is 59.9 cm³/mol. The summed E-state index contributed by atoms with van der Waals surface area (Å²) in [4.78, 5) is 26.8. The predicted octanol–water partition coefficient (Wildman–Crippen LogP) is 1.09. The van der Waals surface area contributed by atoms with Crippen LogP contribution < -0.4 is 5.56 Å². The zero-order valence-electron chi connectivity index (χ0n) is 8.34. The minimum Gasteiger partial charge on any atom is -0.303 e. The minimum absolute atomic E-state index is 0.209. The molecule has 2 aromatic heterocycles. The van der Waals surface area contributed by atoms with Crippen LogP contribution in [0.3, 0.4) is 0 Å². The van der Waals surface area contributed by atoms with Gasteiger partial charge in [-0.25, -0.2) is 4.98 Å². The maximum atomic E-state index is 11.7. The smallest absolute Gasteiger partial charge is 0.277 e. The Morgan fingerprint density at radius 1 is 1.31 bits per heavy atom. The van der Waals surface area contributed by atoms with Crippen molar-refractivity contribution in [1.82, 2.24) is 15.0 Å². The molecule has 2 aromatic rings. The monoisotopic (exact) mass is 212 g/mol. The van der Waals surface area contributed by atoms with Gasteiger partial charge in [-0.05, 0) is 12.1 Å². The summed E-state index contributed by atoms with van der Waals surface area (Å²) < 4.78 is 0. The number of fused-ring (bicyclic) bond motifs is 1. The number of aliphatic imine (C=N–C) groups is 1.